The minimum Gasteiger partial charge on any atom is -0.394 e. The molecule has 1 aliphatic heterocycles. The zero-order valence-corrected chi connectivity index (χ0v) is 32.7. The van der Waals surface area contributed by atoms with E-state index in [1.54, 1.807) is 0 Å². The van der Waals surface area contributed by atoms with Crippen molar-refractivity contribution in [1.82, 2.24) is 5.32 Å². The van der Waals surface area contributed by atoms with Crippen molar-refractivity contribution in [3.63, 3.8) is 0 Å². The van der Waals surface area contributed by atoms with Crippen LogP contribution in [-0.4, -0.2) is 98.7 Å². The molecule has 1 rings (SSSR count). The van der Waals surface area contributed by atoms with Crippen LogP contribution in [0.5, 0.6) is 0 Å². The Labute approximate surface area is 311 Å². The van der Waals surface area contributed by atoms with Gasteiger partial charge in [0.25, 0.3) is 0 Å². The van der Waals surface area contributed by atoms with E-state index in [0.717, 1.165) is 38.5 Å². The van der Waals surface area contributed by atoms with Crippen molar-refractivity contribution in [2.24, 2.45) is 0 Å². The molecule has 1 aliphatic rings. The summed E-state index contributed by atoms with van der Waals surface area (Å²) in [4.78, 5) is 12.8. The van der Waals surface area contributed by atoms with Crippen LogP contribution < -0.4 is 5.32 Å². The highest BCUT2D eigenvalue weighted by Crippen LogP contribution is 2.23. The Balaban J connectivity index is 2.16. The molecule has 0 aromatic rings. The molecule has 51 heavy (non-hydrogen) atoms. The topological polar surface area (TPSA) is 169 Å². The molecule has 1 fully saturated rings. The molecule has 0 aromatic heterocycles. The molecule has 3 unspecified atom stereocenters. The van der Waals surface area contributed by atoms with Crippen molar-refractivity contribution in [1.29, 1.82) is 0 Å². The SMILES string of the molecule is CCCCCCCCCCCCCCCCCCCCCCCCCC(=O)N[C@H](CO[C@@H]1OC(CO)C(O)[C@H](O)[C@H]1O)[C@@H](O)C(O)CCCCC. The number of rotatable bonds is 35. The van der Waals surface area contributed by atoms with Crippen molar-refractivity contribution < 1.29 is 44.9 Å². The summed E-state index contributed by atoms with van der Waals surface area (Å²) >= 11 is 0. The summed E-state index contributed by atoms with van der Waals surface area (Å²) in [5.74, 6) is -0.263. The lowest BCUT2D eigenvalue weighted by molar-refractivity contribution is -0.303. The summed E-state index contributed by atoms with van der Waals surface area (Å²) in [6.07, 6.45) is 23.7. The number of aliphatic hydroxyl groups excluding tert-OH is 6. The van der Waals surface area contributed by atoms with Gasteiger partial charge < -0.3 is 45.4 Å². The van der Waals surface area contributed by atoms with E-state index in [1.165, 1.54) is 128 Å². The van der Waals surface area contributed by atoms with E-state index in [-0.39, 0.29) is 18.9 Å². The minimum atomic E-state index is -1.60. The lowest BCUT2D eigenvalue weighted by atomic mass is 9.99. The van der Waals surface area contributed by atoms with Crippen LogP contribution in [0, 0.1) is 0 Å². The van der Waals surface area contributed by atoms with Crippen LogP contribution in [0.25, 0.3) is 0 Å². The molecule has 0 radical (unpaired) electrons. The summed E-state index contributed by atoms with van der Waals surface area (Å²) in [5, 5.41) is 64.1. The maximum absolute atomic E-state index is 12.8. The van der Waals surface area contributed by atoms with Gasteiger partial charge in [-0.15, -0.1) is 0 Å². The fraction of sp³-hybridized carbons (Fsp3) is 0.976. The summed E-state index contributed by atoms with van der Waals surface area (Å²) < 4.78 is 11.0. The van der Waals surface area contributed by atoms with E-state index in [9.17, 15) is 35.4 Å². The van der Waals surface area contributed by atoms with Gasteiger partial charge in [0.1, 0.15) is 30.5 Å². The van der Waals surface area contributed by atoms with Crippen LogP contribution in [-0.2, 0) is 14.3 Å². The predicted molar refractivity (Wildman–Crippen MR) is 204 cm³/mol. The van der Waals surface area contributed by atoms with Crippen LogP contribution in [0.2, 0.25) is 0 Å². The van der Waals surface area contributed by atoms with Gasteiger partial charge in [0, 0.05) is 6.42 Å². The molecule has 304 valence electrons. The van der Waals surface area contributed by atoms with Crippen molar-refractivity contribution in [3.8, 4) is 0 Å². The highest BCUT2D eigenvalue weighted by atomic mass is 16.7. The minimum absolute atomic E-state index is 0.263. The van der Waals surface area contributed by atoms with Gasteiger partial charge >= 0.3 is 0 Å². The van der Waals surface area contributed by atoms with Gasteiger partial charge in [0.15, 0.2) is 6.29 Å². The monoisotopic (exact) mass is 732 g/mol. The quantitative estimate of drug-likeness (QED) is 0.0341. The number of carbonyl (C=O) groups is 1. The van der Waals surface area contributed by atoms with Crippen molar-refractivity contribution in [3.05, 3.63) is 0 Å². The van der Waals surface area contributed by atoms with E-state index < -0.39 is 55.6 Å². The number of hydrogen-bond donors (Lipinski definition) is 7. The Morgan fingerprint density at radius 2 is 1.02 bits per heavy atom. The van der Waals surface area contributed by atoms with Crippen LogP contribution in [0.15, 0.2) is 0 Å². The fourth-order valence-corrected chi connectivity index (χ4v) is 7.02. The normalized spacial score (nSPS) is 22.5. The van der Waals surface area contributed by atoms with Crippen LogP contribution in [0.3, 0.4) is 0 Å². The third-order valence-corrected chi connectivity index (χ3v) is 10.6. The Morgan fingerprint density at radius 3 is 1.45 bits per heavy atom. The lowest BCUT2D eigenvalue weighted by Crippen LogP contribution is -2.60. The van der Waals surface area contributed by atoms with E-state index in [1.807, 2.05) is 6.92 Å². The molecule has 0 aliphatic carbocycles. The zero-order chi connectivity index (χ0) is 37.5. The Hall–Kier alpha value is -0.850. The Bertz CT molecular complexity index is 788. The molecule has 7 N–H and O–H groups in total. The second-order valence-corrected chi connectivity index (χ2v) is 15.3. The molecule has 1 heterocycles. The molecule has 0 bridgehead atoms. The number of ether oxygens (including phenoxy) is 2. The van der Waals surface area contributed by atoms with Crippen molar-refractivity contribution >= 4 is 5.91 Å². The number of unbranched alkanes of at least 4 members (excludes halogenated alkanes) is 24. The summed E-state index contributed by atoms with van der Waals surface area (Å²) in [6.45, 7) is 3.42. The second kappa shape index (κ2) is 32.6. The highest BCUT2D eigenvalue weighted by Gasteiger charge is 2.44. The Kier molecular flexibility index (Phi) is 30.8. The predicted octanol–water partition coefficient (Wildman–Crippen LogP) is 6.97. The first-order valence-electron chi connectivity index (χ1n) is 21.3. The number of aliphatic hydroxyl groups is 6. The second-order valence-electron chi connectivity index (χ2n) is 15.3. The molecular weight excluding hydrogens is 650 g/mol. The van der Waals surface area contributed by atoms with Gasteiger partial charge in [-0.2, -0.15) is 0 Å². The largest absolute Gasteiger partial charge is 0.394 e. The smallest absolute Gasteiger partial charge is 0.220 e. The number of hydrogen-bond acceptors (Lipinski definition) is 9. The molecule has 8 atom stereocenters. The summed E-state index contributed by atoms with van der Waals surface area (Å²) in [5.41, 5.74) is 0. The van der Waals surface area contributed by atoms with Crippen LogP contribution >= 0.6 is 0 Å². The summed E-state index contributed by atoms with van der Waals surface area (Å²) in [6, 6.07) is -0.981. The molecule has 10 nitrogen and oxygen atoms in total. The Morgan fingerprint density at radius 1 is 0.608 bits per heavy atom. The van der Waals surface area contributed by atoms with E-state index >= 15 is 0 Å². The first-order chi connectivity index (χ1) is 24.8. The molecular formula is C41H81NO9. The van der Waals surface area contributed by atoms with Gasteiger partial charge in [-0.1, -0.05) is 174 Å². The molecule has 0 aromatic carbocycles. The number of nitrogens with one attached hydrogen (secondary N) is 1. The number of amides is 1. The highest BCUT2D eigenvalue weighted by molar-refractivity contribution is 5.76. The average Bonchev–Trinajstić information content (AvgIpc) is 3.13. The fourth-order valence-electron chi connectivity index (χ4n) is 7.02. The van der Waals surface area contributed by atoms with E-state index in [2.05, 4.69) is 12.2 Å². The van der Waals surface area contributed by atoms with Gasteiger partial charge in [0.2, 0.25) is 5.91 Å². The van der Waals surface area contributed by atoms with Crippen molar-refractivity contribution in [2.45, 2.75) is 243 Å². The maximum Gasteiger partial charge on any atom is 0.220 e. The van der Waals surface area contributed by atoms with Gasteiger partial charge in [-0.25, -0.2) is 0 Å². The molecule has 1 amide bonds. The van der Waals surface area contributed by atoms with E-state index in [0.29, 0.717) is 6.42 Å². The molecule has 1 saturated heterocycles. The molecule has 0 spiro atoms. The van der Waals surface area contributed by atoms with Gasteiger partial charge in [-0.05, 0) is 12.8 Å². The van der Waals surface area contributed by atoms with Gasteiger partial charge in [-0.3, -0.25) is 4.79 Å². The first kappa shape index (κ1) is 48.2. The summed E-state index contributed by atoms with van der Waals surface area (Å²) in [7, 11) is 0. The van der Waals surface area contributed by atoms with Crippen LogP contribution in [0.1, 0.15) is 194 Å². The van der Waals surface area contributed by atoms with Crippen molar-refractivity contribution in [2.75, 3.05) is 13.2 Å². The van der Waals surface area contributed by atoms with E-state index in [4.69, 9.17) is 9.47 Å². The molecule has 10 heteroatoms. The third-order valence-electron chi connectivity index (χ3n) is 10.6. The van der Waals surface area contributed by atoms with Gasteiger partial charge in [0.05, 0.1) is 25.4 Å². The standard InChI is InChI=1S/C41H81NO9/c1-3-5-7-8-9-10-11-12-13-14-15-16-17-18-19-20-21-22-23-24-25-26-28-30-36(45)42-33(37(46)34(44)29-27-6-4-2)32-50-41-40(49)39(48)38(47)35(31-43)51-41/h33-35,37-41,43-44,46-49H,3-32H2,1-2H3,(H,42,45)/t33-,34?,35?,37-,38?,39+,40-,41-/m1/s1. The molecule has 0 saturated carbocycles. The maximum atomic E-state index is 12.8. The van der Waals surface area contributed by atoms with Crippen LogP contribution in [0.4, 0.5) is 0 Å². The first-order valence-corrected chi connectivity index (χ1v) is 21.3. The zero-order valence-electron chi connectivity index (χ0n) is 32.7. The number of carbonyl (C=O) groups excluding carboxylic acids is 1. The lowest BCUT2D eigenvalue weighted by Gasteiger charge is -2.40. The average molecular weight is 732 g/mol. The third kappa shape index (κ3) is 23.5.